The van der Waals surface area contributed by atoms with Gasteiger partial charge in [-0.1, -0.05) is 69.7 Å². The third-order valence-electron chi connectivity index (χ3n) is 7.87. The van der Waals surface area contributed by atoms with Crippen LogP contribution in [0.25, 0.3) is 21.9 Å². The van der Waals surface area contributed by atoms with Crippen LogP contribution in [0.1, 0.15) is 84.2 Å². The highest BCUT2D eigenvalue weighted by molar-refractivity contribution is 6.07. The van der Waals surface area contributed by atoms with Crippen LogP contribution in [0.2, 0.25) is 0 Å². The van der Waals surface area contributed by atoms with Crippen molar-refractivity contribution in [3.8, 4) is 0 Å². The Morgan fingerprint density at radius 3 is 2.32 bits per heavy atom. The van der Waals surface area contributed by atoms with Crippen molar-refractivity contribution in [1.82, 2.24) is 19.9 Å². The number of aromatic nitrogens is 3. The average Bonchev–Trinajstić information content (AvgIpc) is 3.67. The molecule has 2 aromatic heterocycles. The molecule has 1 saturated carbocycles. The van der Waals surface area contributed by atoms with Gasteiger partial charge in [-0.2, -0.15) is 0 Å². The minimum atomic E-state index is -0.104. The standard InChI is InChI=1S/C33H45N5/c1-7-8-13-28-36-29-30(26-11-9-10-12-27(26)35-31(29)37-32(2,3)4)38(28)21-24-16-14-23(15-17-24)20-34-22-33(5,6)25-18-19-25/h9-12,14-17,25,34H,7-8,13,18-22H2,1-6H3,(H,35,37). The van der Waals surface area contributed by atoms with Crippen molar-refractivity contribution in [1.29, 1.82) is 0 Å². The van der Waals surface area contributed by atoms with E-state index in [0.717, 1.165) is 72.9 Å². The Kier molecular flexibility index (Phi) is 7.50. The Bertz CT molecular complexity index is 1390. The summed E-state index contributed by atoms with van der Waals surface area (Å²) in [7, 11) is 0. The Morgan fingerprint density at radius 1 is 0.921 bits per heavy atom. The molecule has 0 saturated heterocycles. The number of benzene rings is 2. The van der Waals surface area contributed by atoms with Crippen molar-refractivity contribution < 1.29 is 0 Å². The predicted octanol–water partition coefficient (Wildman–Crippen LogP) is 7.71. The molecule has 0 spiro atoms. The summed E-state index contributed by atoms with van der Waals surface area (Å²) in [6, 6.07) is 17.6. The largest absolute Gasteiger partial charge is 0.364 e. The van der Waals surface area contributed by atoms with Crippen LogP contribution in [0, 0.1) is 11.3 Å². The zero-order chi connectivity index (χ0) is 26.9. The van der Waals surface area contributed by atoms with Gasteiger partial charge in [0.1, 0.15) is 11.3 Å². The highest BCUT2D eigenvalue weighted by Crippen LogP contribution is 2.44. The summed E-state index contributed by atoms with van der Waals surface area (Å²) in [5.74, 6) is 2.91. The lowest BCUT2D eigenvalue weighted by Gasteiger charge is -2.24. The minimum absolute atomic E-state index is 0.104. The maximum Gasteiger partial charge on any atom is 0.155 e. The second-order valence-electron chi connectivity index (χ2n) is 13.0. The number of hydrogen-bond donors (Lipinski definition) is 2. The molecule has 202 valence electrons. The van der Waals surface area contributed by atoms with Crippen molar-refractivity contribution in [2.75, 3.05) is 11.9 Å². The first kappa shape index (κ1) is 26.7. The van der Waals surface area contributed by atoms with E-state index in [1.54, 1.807) is 0 Å². The number of nitrogens with zero attached hydrogens (tertiary/aromatic N) is 3. The van der Waals surface area contributed by atoms with Gasteiger partial charge in [-0.3, -0.25) is 0 Å². The number of imidazole rings is 1. The first-order chi connectivity index (χ1) is 18.1. The molecular weight excluding hydrogens is 466 g/mol. The molecule has 0 unspecified atom stereocenters. The monoisotopic (exact) mass is 511 g/mol. The van der Waals surface area contributed by atoms with E-state index in [1.165, 1.54) is 29.5 Å². The molecule has 1 aliphatic rings. The van der Waals surface area contributed by atoms with Gasteiger partial charge in [0.2, 0.25) is 0 Å². The van der Waals surface area contributed by atoms with Gasteiger partial charge in [0, 0.05) is 37.0 Å². The lowest BCUT2D eigenvalue weighted by Crippen LogP contribution is -2.30. The lowest BCUT2D eigenvalue weighted by molar-refractivity contribution is 0.291. The van der Waals surface area contributed by atoms with Gasteiger partial charge in [0.15, 0.2) is 5.82 Å². The highest BCUT2D eigenvalue weighted by atomic mass is 15.1. The first-order valence-electron chi connectivity index (χ1n) is 14.5. The molecule has 0 bridgehead atoms. The van der Waals surface area contributed by atoms with E-state index in [9.17, 15) is 0 Å². The van der Waals surface area contributed by atoms with Crippen molar-refractivity contribution in [3.63, 3.8) is 0 Å². The van der Waals surface area contributed by atoms with E-state index >= 15 is 0 Å². The zero-order valence-corrected chi connectivity index (χ0v) is 24.2. The molecular formula is C33H45N5. The number of para-hydroxylation sites is 1. The van der Waals surface area contributed by atoms with Crippen LogP contribution in [0.3, 0.4) is 0 Å². The van der Waals surface area contributed by atoms with Gasteiger partial charge < -0.3 is 15.2 Å². The third kappa shape index (κ3) is 6.04. The molecule has 2 heterocycles. The molecule has 2 N–H and O–H groups in total. The highest BCUT2D eigenvalue weighted by Gasteiger charge is 2.37. The molecule has 0 aliphatic heterocycles. The van der Waals surface area contributed by atoms with Gasteiger partial charge in [0.05, 0.1) is 11.0 Å². The van der Waals surface area contributed by atoms with E-state index in [4.69, 9.17) is 9.97 Å². The van der Waals surface area contributed by atoms with E-state index in [0.29, 0.717) is 5.41 Å². The van der Waals surface area contributed by atoms with Crippen molar-refractivity contribution in [2.45, 2.75) is 92.3 Å². The van der Waals surface area contributed by atoms with Crippen molar-refractivity contribution in [2.24, 2.45) is 11.3 Å². The molecule has 2 aromatic carbocycles. The maximum atomic E-state index is 5.21. The summed E-state index contributed by atoms with van der Waals surface area (Å²) in [6.45, 7) is 16.4. The molecule has 4 aromatic rings. The first-order valence-corrected chi connectivity index (χ1v) is 14.5. The topological polar surface area (TPSA) is 54.8 Å². The normalized spacial score (nSPS) is 14.5. The van der Waals surface area contributed by atoms with Crippen LogP contribution < -0.4 is 10.6 Å². The van der Waals surface area contributed by atoms with E-state index in [-0.39, 0.29) is 5.54 Å². The number of unbranched alkanes of at least 4 members (excludes halogenated alkanes) is 1. The zero-order valence-electron chi connectivity index (χ0n) is 24.2. The maximum absolute atomic E-state index is 5.21. The number of fused-ring (bicyclic) bond motifs is 3. The van der Waals surface area contributed by atoms with Crippen molar-refractivity contribution >= 4 is 27.8 Å². The fraction of sp³-hybridized carbons (Fsp3) is 0.515. The molecule has 0 atom stereocenters. The molecule has 1 aliphatic carbocycles. The molecule has 0 radical (unpaired) electrons. The summed E-state index contributed by atoms with van der Waals surface area (Å²) in [6.07, 6.45) is 6.03. The Balaban J connectivity index is 1.46. The quantitative estimate of drug-likeness (QED) is 0.216. The lowest BCUT2D eigenvalue weighted by atomic mass is 9.87. The van der Waals surface area contributed by atoms with Gasteiger partial charge in [-0.05, 0) is 68.6 Å². The van der Waals surface area contributed by atoms with Crippen LogP contribution >= 0.6 is 0 Å². The summed E-state index contributed by atoms with van der Waals surface area (Å²) in [5.41, 5.74) is 6.10. The molecule has 38 heavy (non-hydrogen) atoms. The molecule has 0 amide bonds. The molecule has 5 heteroatoms. The average molecular weight is 512 g/mol. The Morgan fingerprint density at radius 2 is 1.63 bits per heavy atom. The molecule has 5 rings (SSSR count). The van der Waals surface area contributed by atoms with E-state index in [2.05, 4.69) is 105 Å². The summed E-state index contributed by atoms with van der Waals surface area (Å²) in [4.78, 5) is 10.2. The number of rotatable bonds is 11. The number of anilines is 1. The fourth-order valence-electron chi connectivity index (χ4n) is 5.50. The Hall–Kier alpha value is -2.92. The van der Waals surface area contributed by atoms with Crippen LogP contribution in [0.4, 0.5) is 5.82 Å². The number of nitrogens with one attached hydrogen (secondary N) is 2. The van der Waals surface area contributed by atoms with Gasteiger partial charge in [-0.15, -0.1) is 0 Å². The minimum Gasteiger partial charge on any atom is -0.364 e. The predicted molar refractivity (Wildman–Crippen MR) is 161 cm³/mol. The van der Waals surface area contributed by atoms with Gasteiger partial charge in [-0.25, -0.2) is 9.97 Å². The molecule has 1 fully saturated rings. The number of pyridine rings is 1. The summed E-state index contributed by atoms with van der Waals surface area (Å²) >= 11 is 0. The molecule has 5 nitrogen and oxygen atoms in total. The van der Waals surface area contributed by atoms with Gasteiger partial charge >= 0.3 is 0 Å². The second-order valence-corrected chi connectivity index (χ2v) is 13.0. The van der Waals surface area contributed by atoms with E-state index in [1.807, 2.05) is 0 Å². The summed E-state index contributed by atoms with van der Waals surface area (Å²) < 4.78 is 2.44. The third-order valence-corrected chi connectivity index (χ3v) is 7.87. The second kappa shape index (κ2) is 10.7. The summed E-state index contributed by atoms with van der Waals surface area (Å²) in [5, 5.41) is 8.49. The van der Waals surface area contributed by atoms with E-state index < -0.39 is 0 Å². The van der Waals surface area contributed by atoms with Gasteiger partial charge in [0.25, 0.3) is 0 Å². The van der Waals surface area contributed by atoms with Crippen LogP contribution in [0.15, 0.2) is 48.5 Å². The van der Waals surface area contributed by atoms with Crippen LogP contribution in [-0.2, 0) is 19.5 Å². The smallest absolute Gasteiger partial charge is 0.155 e. The Labute approximate surface area is 228 Å². The fourth-order valence-corrected chi connectivity index (χ4v) is 5.50. The SMILES string of the molecule is CCCCc1nc2c(NC(C)(C)C)nc3ccccc3c2n1Cc1ccc(CNCC(C)(C)C2CC2)cc1. The van der Waals surface area contributed by atoms with Crippen molar-refractivity contribution in [3.05, 3.63) is 65.5 Å². The van der Waals surface area contributed by atoms with Crippen LogP contribution in [0.5, 0.6) is 0 Å². The number of hydrogen-bond acceptors (Lipinski definition) is 4. The number of aryl methyl sites for hydroxylation is 1. The van der Waals surface area contributed by atoms with Crippen LogP contribution in [-0.4, -0.2) is 26.6 Å².